The first-order valence-electron chi connectivity index (χ1n) is 9.79. The summed E-state index contributed by atoms with van der Waals surface area (Å²) in [5.41, 5.74) is 3.45. The van der Waals surface area contributed by atoms with Crippen molar-refractivity contribution in [3.05, 3.63) is 58.3 Å². The number of amides is 1. The van der Waals surface area contributed by atoms with Crippen molar-refractivity contribution < 1.29 is 4.79 Å². The Labute approximate surface area is 165 Å². The number of aryl methyl sites for hydroxylation is 2. The number of nitrogens with one attached hydrogen (secondary N) is 1. The molecule has 0 saturated carbocycles. The maximum atomic E-state index is 13.0. The quantitative estimate of drug-likeness (QED) is 0.683. The van der Waals surface area contributed by atoms with Crippen molar-refractivity contribution in [2.45, 2.75) is 47.1 Å². The van der Waals surface area contributed by atoms with E-state index in [1.807, 2.05) is 48.7 Å². The molecule has 0 spiro atoms. The molecule has 6 heteroatoms. The van der Waals surface area contributed by atoms with E-state index >= 15 is 0 Å². The zero-order valence-electron chi connectivity index (χ0n) is 17.0. The van der Waals surface area contributed by atoms with Gasteiger partial charge < -0.3 is 5.32 Å². The molecule has 2 aromatic heterocycles. The number of rotatable bonds is 7. The monoisotopic (exact) mass is 380 g/mol. The Bertz CT molecular complexity index is 1030. The van der Waals surface area contributed by atoms with Crippen molar-refractivity contribution in [2.24, 2.45) is 5.92 Å². The van der Waals surface area contributed by atoms with Crippen LogP contribution in [-0.2, 0) is 11.3 Å². The Balaban J connectivity index is 1.85. The molecule has 1 amide bonds. The number of carbonyl (C=O) groups is 1. The van der Waals surface area contributed by atoms with Gasteiger partial charge >= 0.3 is 0 Å². The zero-order chi connectivity index (χ0) is 20.3. The highest BCUT2D eigenvalue weighted by molar-refractivity contribution is 5.83. The van der Waals surface area contributed by atoms with Gasteiger partial charge in [-0.25, -0.2) is 4.98 Å². The second kappa shape index (κ2) is 8.42. The number of hydrogen-bond donors (Lipinski definition) is 1. The topological polar surface area (TPSA) is 68.9 Å². The summed E-state index contributed by atoms with van der Waals surface area (Å²) < 4.78 is 3.54. The fraction of sp³-hybridized carbons (Fsp3) is 0.409. The largest absolute Gasteiger partial charge is 0.356 e. The third-order valence-electron chi connectivity index (χ3n) is 5.12. The van der Waals surface area contributed by atoms with Gasteiger partial charge in [0.25, 0.3) is 5.56 Å². The van der Waals surface area contributed by atoms with Crippen LogP contribution < -0.4 is 10.9 Å². The number of fused-ring (bicyclic) bond motifs is 1. The van der Waals surface area contributed by atoms with E-state index in [1.54, 1.807) is 6.33 Å². The summed E-state index contributed by atoms with van der Waals surface area (Å²) in [5, 5.41) is 3.52. The van der Waals surface area contributed by atoms with Crippen LogP contribution in [0.4, 0.5) is 0 Å². The van der Waals surface area contributed by atoms with Crippen LogP contribution in [0.25, 0.3) is 16.7 Å². The molecule has 0 aliphatic carbocycles. The molecule has 1 aromatic carbocycles. The molecule has 0 aliphatic heterocycles. The minimum atomic E-state index is -0.102. The molecule has 1 N–H and O–H groups in total. The summed E-state index contributed by atoms with van der Waals surface area (Å²) in [4.78, 5) is 29.6. The van der Waals surface area contributed by atoms with E-state index in [-0.39, 0.29) is 17.9 Å². The number of para-hydroxylation sites is 1. The van der Waals surface area contributed by atoms with Crippen LogP contribution in [0, 0.1) is 19.8 Å². The Hall–Kier alpha value is -2.89. The van der Waals surface area contributed by atoms with Crippen LogP contribution in [0.5, 0.6) is 0 Å². The summed E-state index contributed by atoms with van der Waals surface area (Å²) in [7, 11) is 0. The highest BCUT2D eigenvalue weighted by atomic mass is 16.1. The molecule has 28 heavy (non-hydrogen) atoms. The van der Waals surface area contributed by atoms with Gasteiger partial charge in [0.2, 0.25) is 5.91 Å². The van der Waals surface area contributed by atoms with E-state index in [4.69, 9.17) is 0 Å². The lowest BCUT2D eigenvalue weighted by molar-refractivity contribution is -0.121. The lowest BCUT2D eigenvalue weighted by Crippen LogP contribution is -2.28. The van der Waals surface area contributed by atoms with Crippen molar-refractivity contribution >= 4 is 16.9 Å². The minimum Gasteiger partial charge on any atom is -0.356 e. The van der Waals surface area contributed by atoms with Crippen LogP contribution in [-0.4, -0.2) is 26.6 Å². The van der Waals surface area contributed by atoms with E-state index < -0.39 is 0 Å². The van der Waals surface area contributed by atoms with E-state index in [0.717, 1.165) is 23.4 Å². The molecule has 0 fully saturated rings. The molecule has 0 aliphatic rings. The smallest absolute Gasteiger partial charge is 0.263 e. The number of hydrogen-bond acceptors (Lipinski definition) is 3. The van der Waals surface area contributed by atoms with Crippen molar-refractivity contribution in [1.82, 2.24) is 19.4 Å². The lowest BCUT2D eigenvalue weighted by atomic mass is 10.1. The van der Waals surface area contributed by atoms with Crippen LogP contribution in [0.2, 0.25) is 0 Å². The molecule has 148 valence electrons. The predicted octanol–water partition coefficient (Wildman–Crippen LogP) is 3.36. The molecule has 0 bridgehead atoms. The van der Waals surface area contributed by atoms with Gasteiger partial charge in [-0.3, -0.25) is 18.7 Å². The lowest BCUT2D eigenvalue weighted by Gasteiger charge is -2.09. The maximum absolute atomic E-state index is 13.0. The van der Waals surface area contributed by atoms with Crippen molar-refractivity contribution in [3.8, 4) is 5.69 Å². The summed E-state index contributed by atoms with van der Waals surface area (Å²) in [6, 6.07) is 9.90. The predicted molar refractivity (Wildman–Crippen MR) is 112 cm³/mol. The molecule has 3 aromatic rings. The van der Waals surface area contributed by atoms with E-state index in [9.17, 15) is 9.59 Å². The molecular formula is C22H28N4O2. The standard InChI is InChI=1S/C22H28N4O2/c1-15(2)10-12-23-19(27)11-13-25-14-24-21-20(22(25)28)16(3)17(4)26(21)18-8-6-5-7-9-18/h5-9,14-15H,10-13H2,1-4H3,(H,23,27). The fourth-order valence-electron chi connectivity index (χ4n) is 3.35. The number of aromatic nitrogens is 3. The van der Waals surface area contributed by atoms with Gasteiger partial charge in [0.15, 0.2) is 5.65 Å². The molecule has 0 unspecified atom stereocenters. The molecule has 3 rings (SSSR count). The van der Waals surface area contributed by atoms with Crippen molar-refractivity contribution in [2.75, 3.05) is 6.54 Å². The normalized spacial score (nSPS) is 11.3. The average molecular weight is 380 g/mol. The molecule has 6 nitrogen and oxygen atoms in total. The summed E-state index contributed by atoms with van der Waals surface area (Å²) >= 11 is 0. The van der Waals surface area contributed by atoms with Gasteiger partial charge in [0, 0.05) is 30.9 Å². The highest BCUT2D eigenvalue weighted by Gasteiger charge is 2.17. The Morgan fingerprint density at radius 1 is 1.18 bits per heavy atom. The summed E-state index contributed by atoms with van der Waals surface area (Å²) in [6.45, 7) is 9.18. The Morgan fingerprint density at radius 2 is 1.89 bits per heavy atom. The second-order valence-corrected chi connectivity index (χ2v) is 7.61. The van der Waals surface area contributed by atoms with Crippen LogP contribution in [0.1, 0.15) is 37.9 Å². The van der Waals surface area contributed by atoms with Gasteiger partial charge in [-0.05, 0) is 43.9 Å². The first-order chi connectivity index (χ1) is 13.4. The van der Waals surface area contributed by atoms with Gasteiger partial charge in [0.05, 0.1) is 11.7 Å². The minimum absolute atomic E-state index is 0.0394. The van der Waals surface area contributed by atoms with Gasteiger partial charge in [-0.1, -0.05) is 32.0 Å². The van der Waals surface area contributed by atoms with Crippen LogP contribution in [0.3, 0.4) is 0 Å². The van der Waals surface area contributed by atoms with Gasteiger partial charge in [-0.15, -0.1) is 0 Å². The van der Waals surface area contributed by atoms with Crippen LogP contribution in [0.15, 0.2) is 41.5 Å². The number of benzene rings is 1. The summed E-state index contributed by atoms with van der Waals surface area (Å²) in [6.07, 6.45) is 2.76. The van der Waals surface area contributed by atoms with E-state index in [1.165, 1.54) is 4.57 Å². The molecular weight excluding hydrogens is 352 g/mol. The maximum Gasteiger partial charge on any atom is 0.263 e. The van der Waals surface area contributed by atoms with Gasteiger partial charge in [0.1, 0.15) is 0 Å². The second-order valence-electron chi connectivity index (χ2n) is 7.61. The SMILES string of the molecule is Cc1c(C)n(-c2ccccc2)c2ncn(CCC(=O)NCCC(C)C)c(=O)c12. The van der Waals surface area contributed by atoms with Gasteiger partial charge in [-0.2, -0.15) is 0 Å². The van der Waals surface area contributed by atoms with E-state index in [0.29, 0.717) is 30.0 Å². The molecule has 0 saturated heterocycles. The first-order valence-corrected chi connectivity index (χ1v) is 9.79. The van der Waals surface area contributed by atoms with Crippen molar-refractivity contribution in [1.29, 1.82) is 0 Å². The average Bonchev–Trinajstić information content (AvgIpc) is 2.93. The molecule has 0 atom stereocenters. The zero-order valence-corrected chi connectivity index (χ0v) is 17.0. The number of nitrogens with zero attached hydrogens (tertiary/aromatic N) is 3. The van der Waals surface area contributed by atoms with E-state index in [2.05, 4.69) is 24.1 Å². The Morgan fingerprint density at radius 3 is 2.57 bits per heavy atom. The molecule has 2 heterocycles. The highest BCUT2D eigenvalue weighted by Crippen LogP contribution is 2.24. The first kappa shape index (κ1) is 19.9. The Kier molecular flexibility index (Phi) is 5.97. The molecule has 0 radical (unpaired) electrons. The fourth-order valence-corrected chi connectivity index (χ4v) is 3.35. The third-order valence-corrected chi connectivity index (χ3v) is 5.12. The van der Waals surface area contributed by atoms with Crippen molar-refractivity contribution in [3.63, 3.8) is 0 Å². The number of carbonyl (C=O) groups excluding carboxylic acids is 1. The van der Waals surface area contributed by atoms with Crippen LogP contribution >= 0.6 is 0 Å². The third kappa shape index (κ3) is 4.01. The summed E-state index contributed by atoms with van der Waals surface area (Å²) in [5.74, 6) is 0.511.